The van der Waals surface area contributed by atoms with Gasteiger partial charge >= 0.3 is 23.9 Å². The van der Waals surface area contributed by atoms with Gasteiger partial charge in [0.2, 0.25) is 0 Å². The third-order valence-corrected chi connectivity index (χ3v) is 1.20. The van der Waals surface area contributed by atoms with Crippen molar-refractivity contribution in [2.24, 2.45) is 0 Å². The van der Waals surface area contributed by atoms with E-state index in [0.717, 1.165) is 24.3 Å². The van der Waals surface area contributed by atoms with Gasteiger partial charge in [-0.2, -0.15) is 0 Å². The van der Waals surface area contributed by atoms with Crippen LogP contribution in [-0.4, -0.2) is 44.3 Å². The fraction of sp³-hybridized carbons (Fsp3) is 0.250. The van der Waals surface area contributed by atoms with Gasteiger partial charge in [0.1, 0.15) is 0 Å². The lowest BCUT2D eigenvalue weighted by Gasteiger charge is -1.68. The smallest absolute Gasteiger partial charge is 0.327 e. The monoisotopic (exact) mass is 346 g/mol. The lowest BCUT2D eigenvalue weighted by Crippen LogP contribution is -1.82. The summed E-state index contributed by atoms with van der Waals surface area (Å²) in [6, 6.07) is 0. The van der Waals surface area contributed by atoms with E-state index < -0.39 is 23.9 Å². The molecule has 0 aliphatic carbocycles. The first-order valence-corrected chi connectivity index (χ1v) is 6.41. The maximum absolute atomic E-state index is 9.25. The summed E-state index contributed by atoms with van der Waals surface area (Å²) < 4.78 is 0. The average Bonchev–Trinajstić information content (AvgIpc) is 2.56. The molecule has 138 valence electrons. The molecule has 0 aromatic carbocycles. The normalized spacial score (nSPS) is 6.58. The number of unbranched alkanes of at least 4 members (excludes halogenated alkanes) is 1. The van der Waals surface area contributed by atoms with Crippen LogP contribution in [0.2, 0.25) is 0 Å². The standard InChI is InChI=1S/C4H10.4C3H4O2/c1-3-4-2;4*1-2-3(4)5/h3-4H2,1-2H3;4*2H,1H2,(H,4,5). The van der Waals surface area contributed by atoms with E-state index in [1.54, 1.807) is 0 Å². The summed E-state index contributed by atoms with van der Waals surface area (Å²) in [5.41, 5.74) is 0. The SMILES string of the molecule is C=CC(=O)O.C=CC(=O)O.C=CC(=O)O.C=CC(=O)O.CCCC. The molecule has 4 N–H and O–H groups in total. The molecular formula is C16H26O8. The zero-order valence-electron chi connectivity index (χ0n) is 14.0. The van der Waals surface area contributed by atoms with Crippen molar-refractivity contribution in [1.82, 2.24) is 0 Å². The van der Waals surface area contributed by atoms with Crippen molar-refractivity contribution in [3.63, 3.8) is 0 Å². The summed E-state index contributed by atoms with van der Waals surface area (Å²) in [7, 11) is 0. The van der Waals surface area contributed by atoms with Crippen LogP contribution in [0.25, 0.3) is 0 Å². The molecule has 0 bridgehead atoms. The summed E-state index contributed by atoms with van der Waals surface area (Å²) in [6.45, 7) is 16.2. The van der Waals surface area contributed by atoms with Crippen LogP contribution >= 0.6 is 0 Å². The average molecular weight is 346 g/mol. The summed E-state index contributed by atoms with van der Waals surface area (Å²) in [5, 5.41) is 30.4. The fourth-order valence-corrected chi connectivity index (χ4v) is 0. The van der Waals surface area contributed by atoms with Crippen molar-refractivity contribution in [2.45, 2.75) is 26.7 Å². The minimum Gasteiger partial charge on any atom is -0.478 e. The molecule has 8 nitrogen and oxygen atoms in total. The summed E-state index contributed by atoms with van der Waals surface area (Å²) in [4.78, 5) is 37.0. The van der Waals surface area contributed by atoms with Crippen molar-refractivity contribution in [3.05, 3.63) is 50.6 Å². The molecule has 0 aliphatic heterocycles. The molecule has 24 heavy (non-hydrogen) atoms. The summed E-state index contributed by atoms with van der Waals surface area (Å²) in [6.07, 6.45) is 5.97. The topological polar surface area (TPSA) is 149 Å². The van der Waals surface area contributed by atoms with Gasteiger partial charge in [-0.15, -0.1) is 0 Å². The third-order valence-electron chi connectivity index (χ3n) is 1.20. The molecule has 0 unspecified atom stereocenters. The summed E-state index contributed by atoms with van der Waals surface area (Å²) in [5.74, 6) is -3.93. The zero-order valence-corrected chi connectivity index (χ0v) is 14.0. The lowest BCUT2D eigenvalue weighted by molar-refractivity contribution is -0.132. The first-order chi connectivity index (χ1) is 11.0. The third kappa shape index (κ3) is 176. The predicted octanol–water partition coefficient (Wildman–Crippen LogP) is 2.83. The van der Waals surface area contributed by atoms with E-state index in [2.05, 4.69) is 40.2 Å². The maximum atomic E-state index is 9.25. The van der Waals surface area contributed by atoms with Crippen LogP contribution in [-0.2, 0) is 19.2 Å². The van der Waals surface area contributed by atoms with Gasteiger partial charge < -0.3 is 20.4 Å². The van der Waals surface area contributed by atoms with E-state index in [9.17, 15) is 19.2 Å². The van der Waals surface area contributed by atoms with Crippen LogP contribution in [0.4, 0.5) is 0 Å². The van der Waals surface area contributed by atoms with E-state index in [-0.39, 0.29) is 0 Å². The Morgan fingerprint density at radius 1 is 0.583 bits per heavy atom. The van der Waals surface area contributed by atoms with Crippen LogP contribution in [0, 0.1) is 0 Å². The predicted molar refractivity (Wildman–Crippen MR) is 91.9 cm³/mol. The van der Waals surface area contributed by atoms with Gasteiger partial charge in [-0.25, -0.2) is 19.2 Å². The molecular weight excluding hydrogens is 320 g/mol. The molecule has 0 radical (unpaired) electrons. The van der Waals surface area contributed by atoms with Gasteiger partial charge in [-0.1, -0.05) is 53.0 Å². The second-order valence-electron chi connectivity index (χ2n) is 3.17. The van der Waals surface area contributed by atoms with Crippen molar-refractivity contribution in [1.29, 1.82) is 0 Å². The molecule has 0 spiro atoms. The van der Waals surface area contributed by atoms with E-state index in [1.165, 1.54) is 12.8 Å². The Hall–Kier alpha value is -3.16. The molecule has 0 rings (SSSR count). The number of hydrogen-bond acceptors (Lipinski definition) is 4. The molecule has 0 atom stereocenters. The van der Waals surface area contributed by atoms with E-state index >= 15 is 0 Å². The van der Waals surface area contributed by atoms with Crippen molar-refractivity contribution >= 4 is 23.9 Å². The maximum Gasteiger partial charge on any atom is 0.327 e. The number of rotatable bonds is 5. The molecule has 0 aromatic rings. The van der Waals surface area contributed by atoms with Crippen molar-refractivity contribution in [2.75, 3.05) is 0 Å². The Morgan fingerprint density at radius 3 is 0.667 bits per heavy atom. The van der Waals surface area contributed by atoms with Crippen LogP contribution in [0.3, 0.4) is 0 Å². The highest BCUT2D eigenvalue weighted by molar-refractivity contribution is 5.79. The number of carboxylic acid groups (broad SMARTS) is 4. The Bertz CT molecular complexity index is 323. The number of carbonyl (C=O) groups is 4. The Kier molecular flexibility index (Phi) is 43.6. The minimum absolute atomic E-state index is 0.833. The largest absolute Gasteiger partial charge is 0.478 e. The van der Waals surface area contributed by atoms with Gasteiger partial charge in [0.25, 0.3) is 0 Å². The number of aliphatic carboxylic acids is 4. The Labute approximate surface area is 141 Å². The van der Waals surface area contributed by atoms with E-state index in [4.69, 9.17) is 20.4 Å². The highest BCUT2D eigenvalue weighted by Gasteiger charge is 1.74. The van der Waals surface area contributed by atoms with Crippen LogP contribution in [0.1, 0.15) is 26.7 Å². The highest BCUT2D eigenvalue weighted by Crippen LogP contribution is 1.76. The fourth-order valence-electron chi connectivity index (χ4n) is 0. The first kappa shape index (κ1) is 32.7. The Balaban J connectivity index is -0.0000000628. The van der Waals surface area contributed by atoms with Crippen LogP contribution in [0.15, 0.2) is 50.6 Å². The quantitative estimate of drug-likeness (QED) is 0.555. The van der Waals surface area contributed by atoms with Crippen LogP contribution < -0.4 is 0 Å². The molecule has 0 saturated carbocycles. The molecule has 8 heteroatoms. The molecule has 0 aliphatic rings. The number of hydrogen-bond donors (Lipinski definition) is 4. The second kappa shape index (κ2) is 32.0. The lowest BCUT2D eigenvalue weighted by atomic mass is 10.4. The van der Waals surface area contributed by atoms with Crippen molar-refractivity contribution < 1.29 is 39.6 Å². The summed E-state index contributed by atoms with van der Waals surface area (Å²) >= 11 is 0. The van der Waals surface area contributed by atoms with Gasteiger partial charge in [-0.05, 0) is 0 Å². The molecule has 0 amide bonds. The van der Waals surface area contributed by atoms with E-state index in [0.29, 0.717) is 0 Å². The van der Waals surface area contributed by atoms with Gasteiger partial charge in [0.15, 0.2) is 0 Å². The second-order valence-corrected chi connectivity index (χ2v) is 3.17. The van der Waals surface area contributed by atoms with E-state index in [1.807, 2.05) is 0 Å². The van der Waals surface area contributed by atoms with Crippen LogP contribution in [0.5, 0.6) is 0 Å². The van der Waals surface area contributed by atoms with Crippen molar-refractivity contribution in [3.8, 4) is 0 Å². The van der Waals surface area contributed by atoms with Gasteiger partial charge in [0.05, 0.1) is 0 Å². The molecule has 0 saturated heterocycles. The Morgan fingerprint density at radius 2 is 0.667 bits per heavy atom. The molecule has 0 fully saturated rings. The molecule has 0 aromatic heterocycles. The minimum atomic E-state index is -0.981. The molecule has 0 heterocycles. The first-order valence-electron chi connectivity index (χ1n) is 6.41. The highest BCUT2D eigenvalue weighted by atomic mass is 16.4. The van der Waals surface area contributed by atoms with Gasteiger partial charge in [0, 0.05) is 24.3 Å². The van der Waals surface area contributed by atoms with Gasteiger partial charge in [-0.3, -0.25) is 0 Å². The number of carboxylic acids is 4. The zero-order chi connectivity index (χ0) is 20.6.